The largest absolute Gasteiger partial charge is 0.244 e. The first kappa shape index (κ1) is 15.1. The van der Waals surface area contributed by atoms with E-state index in [1.165, 1.54) is 4.31 Å². The monoisotopic (exact) mass is 291 g/mol. The van der Waals surface area contributed by atoms with Gasteiger partial charge in [0.05, 0.1) is 4.90 Å². The Morgan fingerprint density at radius 3 is 2.55 bits per heavy atom. The number of hydrogen-bond donors (Lipinski definition) is 0. The fourth-order valence-corrected chi connectivity index (χ4v) is 3.78. The topological polar surface area (TPSA) is 37.1 Å². The molecule has 2 rings (SSSR count). The van der Waals surface area contributed by atoms with E-state index in [-0.39, 0.29) is 0 Å². The molecule has 2 unspecified atom stereocenters. The van der Waals surface area contributed by atoms with Gasteiger partial charge in [0, 0.05) is 13.0 Å². The minimum absolute atomic E-state index is 0.349. The lowest BCUT2D eigenvalue weighted by atomic mass is 10.2. The van der Waals surface area contributed by atoms with Gasteiger partial charge in [0.2, 0.25) is 10.0 Å². The molecule has 3 nitrogen and oxygen atoms in total. The first-order valence-electron chi connectivity index (χ1n) is 7.00. The predicted octanol–water partition coefficient (Wildman–Crippen LogP) is 2.95. The van der Waals surface area contributed by atoms with Crippen molar-refractivity contribution in [2.45, 2.75) is 50.5 Å². The van der Waals surface area contributed by atoms with Crippen LogP contribution in [0.2, 0.25) is 0 Å². The zero-order valence-electron chi connectivity index (χ0n) is 12.3. The van der Waals surface area contributed by atoms with Crippen molar-refractivity contribution in [2.75, 3.05) is 6.54 Å². The van der Waals surface area contributed by atoms with Gasteiger partial charge in [0.25, 0.3) is 0 Å². The normalized spacial score (nSPS) is 24.9. The molecule has 2 atom stereocenters. The number of rotatable bonds is 4. The maximum absolute atomic E-state index is 12.5. The highest BCUT2D eigenvalue weighted by atomic mass is 32.2. The summed E-state index contributed by atoms with van der Waals surface area (Å²) < 4.78 is 26.4. The van der Waals surface area contributed by atoms with Gasteiger partial charge >= 0.3 is 0 Å². The van der Waals surface area contributed by atoms with Crippen molar-refractivity contribution in [1.29, 1.82) is 0 Å². The van der Waals surface area contributed by atoms with Gasteiger partial charge in [-0.1, -0.05) is 37.0 Å². The zero-order valence-corrected chi connectivity index (χ0v) is 13.1. The van der Waals surface area contributed by atoms with Crippen molar-refractivity contribution in [2.24, 2.45) is 0 Å². The molecule has 0 radical (unpaired) electrons. The van der Waals surface area contributed by atoms with Crippen LogP contribution in [-0.4, -0.2) is 24.8 Å². The molecule has 1 heterocycles. The van der Waals surface area contributed by atoms with Crippen molar-refractivity contribution in [3.05, 3.63) is 29.8 Å². The Bertz CT molecular complexity index is 637. The average molecular weight is 291 g/mol. The summed E-state index contributed by atoms with van der Waals surface area (Å²) >= 11 is 0. The molecule has 0 spiro atoms. The molecule has 108 valence electrons. The fourth-order valence-electron chi connectivity index (χ4n) is 2.05. The molecule has 0 amide bonds. The molecular weight excluding hydrogens is 270 g/mol. The highest BCUT2D eigenvalue weighted by Gasteiger charge is 2.54. The molecule has 1 fully saturated rings. The molecule has 0 saturated carbocycles. The quantitative estimate of drug-likeness (QED) is 0.486. The van der Waals surface area contributed by atoms with E-state index in [2.05, 4.69) is 18.8 Å². The lowest BCUT2D eigenvalue weighted by Gasteiger charge is -2.08. The zero-order chi connectivity index (χ0) is 14.8. The number of benzene rings is 1. The molecular formula is C16H21NO2S. The molecule has 0 aromatic heterocycles. The van der Waals surface area contributed by atoms with Crippen molar-refractivity contribution in [3.63, 3.8) is 0 Å². The lowest BCUT2D eigenvalue weighted by Crippen LogP contribution is -2.20. The third kappa shape index (κ3) is 3.05. The molecule has 0 N–H and O–H groups in total. The standard InChI is InChI=1S/C16H21NO2S/c1-4-5-6-7-12-16(3)13-17(16)20(18,19)15-10-8-14(2)9-11-15/h8-11H,4-6,13H2,1-3H3. The van der Waals surface area contributed by atoms with Gasteiger partial charge in [-0.2, -0.15) is 4.31 Å². The predicted molar refractivity (Wildman–Crippen MR) is 80.8 cm³/mol. The minimum atomic E-state index is -3.40. The maximum Gasteiger partial charge on any atom is 0.244 e. The Labute approximate surface area is 122 Å². The van der Waals surface area contributed by atoms with Gasteiger partial charge in [-0.25, -0.2) is 8.42 Å². The molecule has 0 bridgehead atoms. The Morgan fingerprint density at radius 1 is 1.30 bits per heavy atom. The van der Waals surface area contributed by atoms with Gasteiger partial charge in [-0.3, -0.25) is 0 Å². The van der Waals surface area contributed by atoms with Crippen LogP contribution in [0.5, 0.6) is 0 Å². The van der Waals surface area contributed by atoms with Crippen LogP contribution >= 0.6 is 0 Å². The summed E-state index contributed by atoms with van der Waals surface area (Å²) in [4.78, 5) is 0.349. The molecule has 1 saturated heterocycles. The lowest BCUT2D eigenvalue weighted by molar-refractivity contribution is 0.544. The van der Waals surface area contributed by atoms with E-state index in [0.717, 1.165) is 24.8 Å². The number of aryl methyl sites for hydroxylation is 1. The summed E-state index contributed by atoms with van der Waals surface area (Å²) in [6, 6.07) is 6.96. The van der Waals surface area contributed by atoms with Crippen molar-refractivity contribution < 1.29 is 8.42 Å². The van der Waals surface area contributed by atoms with Crippen LogP contribution in [0.1, 0.15) is 38.7 Å². The van der Waals surface area contributed by atoms with E-state index in [4.69, 9.17) is 0 Å². The first-order chi connectivity index (χ1) is 9.40. The van der Waals surface area contributed by atoms with Crippen LogP contribution in [0.3, 0.4) is 0 Å². The SMILES string of the molecule is CCCCC#CC1(C)CN1S(=O)(=O)c1ccc(C)cc1. The average Bonchev–Trinajstić information content (AvgIpc) is 3.09. The second-order valence-corrected chi connectivity index (χ2v) is 7.37. The molecule has 1 aliphatic heterocycles. The van der Waals surface area contributed by atoms with E-state index < -0.39 is 15.6 Å². The van der Waals surface area contributed by atoms with E-state index in [9.17, 15) is 8.42 Å². The van der Waals surface area contributed by atoms with Crippen LogP contribution in [0.25, 0.3) is 0 Å². The Balaban J connectivity index is 2.13. The summed E-state index contributed by atoms with van der Waals surface area (Å²) in [6.45, 7) is 6.44. The van der Waals surface area contributed by atoms with Crippen LogP contribution in [-0.2, 0) is 10.0 Å². The van der Waals surface area contributed by atoms with Gasteiger partial charge in [0.1, 0.15) is 5.54 Å². The van der Waals surface area contributed by atoms with E-state index in [1.807, 2.05) is 26.0 Å². The highest BCUT2D eigenvalue weighted by Crippen LogP contribution is 2.37. The van der Waals surface area contributed by atoms with E-state index in [0.29, 0.717) is 11.4 Å². The second kappa shape index (κ2) is 5.59. The summed E-state index contributed by atoms with van der Waals surface area (Å²) in [5, 5.41) is 0. The molecule has 1 aliphatic rings. The summed E-state index contributed by atoms with van der Waals surface area (Å²) in [5.74, 6) is 6.20. The van der Waals surface area contributed by atoms with E-state index in [1.54, 1.807) is 12.1 Å². The smallest absolute Gasteiger partial charge is 0.207 e. The van der Waals surface area contributed by atoms with Crippen molar-refractivity contribution in [1.82, 2.24) is 4.31 Å². The first-order valence-corrected chi connectivity index (χ1v) is 8.44. The van der Waals surface area contributed by atoms with Gasteiger partial charge in [-0.05, 0) is 32.4 Å². The number of hydrogen-bond acceptors (Lipinski definition) is 2. The summed E-state index contributed by atoms with van der Waals surface area (Å²) in [7, 11) is -3.40. The fraction of sp³-hybridized carbons (Fsp3) is 0.500. The van der Waals surface area contributed by atoms with Crippen LogP contribution in [0.4, 0.5) is 0 Å². The van der Waals surface area contributed by atoms with Crippen molar-refractivity contribution in [3.8, 4) is 11.8 Å². The number of sulfonamides is 1. The maximum atomic E-state index is 12.5. The summed E-state index contributed by atoms with van der Waals surface area (Å²) in [5.41, 5.74) is 0.536. The minimum Gasteiger partial charge on any atom is -0.207 e. The van der Waals surface area contributed by atoms with Crippen LogP contribution in [0, 0.1) is 18.8 Å². The second-order valence-electron chi connectivity index (χ2n) is 5.50. The van der Waals surface area contributed by atoms with Crippen molar-refractivity contribution >= 4 is 10.0 Å². The third-order valence-corrected chi connectivity index (χ3v) is 5.50. The molecule has 1 aromatic carbocycles. The Kier molecular flexibility index (Phi) is 4.22. The number of nitrogens with zero attached hydrogens (tertiary/aromatic N) is 1. The summed E-state index contributed by atoms with van der Waals surface area (Å²) in [6.07, 6.45) is 3.01. The van der Waals surface area contributed by atoms with E-state index >= 15 is 0 Å². The highest BCUT2D eigenvalue weighted by molar-refractivity contribution is 7.89. The molecule has 4 heteroatoms. The van der Waals surface area contributed by atoms with Gasteiger partial charge in [0.15, 0.2) is 0 Å². The third-order valence-electron chi connectivity index (χ3n) is 3.52. The Hall–Kier alpha value is -1.31. The number of unbranched alkanes of at least 4 members (excludes halogenated alkanes) is 2. The molecule has 20 heavy (non-hydrogen) atoms. The van der Waals surface area contributed by atoms with Crippen LogP contribution in [0.15, 0.2) is 29.2 Å². The molecule has 1 aromatic rings. The van der Waals surface area contributed by atoms with Gasteiger partial charge < -0.3 is 0 Å². The van der Waals surface area contributed by atoms with Crippen LogP contribution < -0.4 is 0 Å². The Morgan fingerprint density at radius 2 is 1.95 bits per heavy atom. The molecule has 0 aliphatic carbocycles. The van der Waals surface area contributed by atoms with Gasteiger partial charge in [-0.15, -0.1) is 5.92 Å².